The molecule has 106 valence electrons. The van der Waals surface area contributed by atoms with Crippen molar-refractivity contribution in [3.63, 3.8) is 0 Å². The summed E-state index contributed by atoms with van der Waals surface area (Å²) < 4.78 is 7.46. The zero-order valence-corrected chi connectivity index (χ0v) is 11.9. The second-order valence-electron chi connectivity index (χ2n) is 6.05. The minimum Gasteiger partial charge on any atom is -0.385 e. The first-order valence-corrected chi connectivity index (χ1v) is 7.60. The lowest BCUT2D eigenvalue weighted by atomic mass is 10.1. The molecule has 3 rings (SSSR count). The van der Waals surface area contributed by atoms with Crippen LogP contribution >= 0.6 is 0 Å². The summed E-state index contributed by atoms with van der Waals surface area (Å²) in [6, 6.07) is 2.65. The lowest BCUT2D eigenvalue weighted by Crippen LogP contribution is -2.40. The average molecular weight is 263 g/mol. The van der Waals surface area contributed by atoms with Gasteiger partial charge in [-0.15, -0.1) is 0 Å². The van der Waals surface area contributed by atoms with E-state index in [0.29, 0.717) is 6.04 Å². The van der Waals surface area contributed by atoms with Crippen LogP contribution in [-0.4, -0.2) is 41.5 Å². The van der Waals surface area contributed by atoms with E-state index in [-0.39, 0.29) is 0 Å². The van der Waals surface area contributed by atoms with E-state index in [4.69, 9.17) is 4.74 Å². The molecule has 0 bridgehead atoms. The quantitative estimate of drug-likeness (QED) is 0.817. The molecule has 4 heteroatoms. The topological polar surface area (TPSA) is 30.3 Å². The molecule has 0 unspecified atom stereocenters. The first-order valence-electron chi connectivity index (χ1n) is 7.60. The molecule has 2 heterocycles. The van der Waals surface area contributed by atoms with Gasteiger partial charge in [-0.25, -0.2) is 0 Å². The average Bonchev–Trinajstić information content (AvgIpc) is 3.06. The molecule has 4 nitrogen and oxygen atoms in total. The van der Waals surface area contributed by atoms with E-state index in [1.165, 1.54) is 37.9 Å². The molecule has 0 saturated heterocycles. The largest absolute Gasteiger partial charge is 0.385 e. The van der Waals surface area contributed by atoms with E-state index in [1.54, 1.807) is 7.11 Å². The molecular formula is C15H25N3O. The van der Waals surface area contributed by atoms with Crippen molar-refractivity contribution < 1.29 is 4.74 Å². The van der Waals surface area contributed by atoms with Crippen molar-refractivity contribution in [3.8, 4) is 0 Å². The van der Waals surface area contributed by atoms with Gasteiger partial charge < -0.3 is 4.74 Å². The molecule has 1 aromatic heterocycles. The molecule has 0 N–H and O–H groups in total. The Labute approximate surface area is 115 Å². The van der Waals surface area contributed by atoms with Gasteiger partial charge in [0.05, 0.1) is 11.7 Å². The second-order valence-corrected chi connectivity index (χ2v) is 6.05. The van der Waals surface area contributed by atoms with E-state index in [0.717, 1.165) is 32.0 Å². The highest BCUT2D eigenvalue weighted by molar-refractivity contribution is 5.05. The van der Waals surface area contributed by atoms with Crippen LogP contribution in [0.1, 0.15) is 43.8 Å². The van der Waals surface area contributed by atoms with Gasteiger partial charge in [-0.1, -0.05) is 12.8 Å². The summed E-state index contributed by atoms with van der Waals surface area (Å²) in [6.45, 7) is 4.30. The maximum atomic E-state index is 5.25. The van der Waals surface area contributed by atoms with Crippen LogP contribution in [0.5, 0.6) is 0 Å². The number of methoxy groups -OCH3 is 1. The van der Waals surface area contributed by atoms with Crippen LogP contribution in [0.25, 0.3) is 0 Å². The highest BCUT2D eigenvalue weighted by Crippen LogP contribution is 2.29. The molecule has 1 fully saturated rings. The Morgan fingerprint density at radius 3 is 3.00 bits per heavy atom. The third-order valence-electron chi connectivity index (χ3n) is 4.60. The Kier molecular flexibility index (Phi) is 4.18. The second kappa shape index (κ2) is 6.06. The van der Waals surface area contributed by atoms with Gasteiger partial charge in [0, 0.05) is 39.5 Å². The highest BCUT2D eigenvalue weighted by atomic mass is 16.5. The van der Waals surface area contributed by atoms with Crippen molar-refractivity contribution in [1.82, 2.24) is 14.7 Å². The van der Waals surface area contributed by atoms with Crippen molar-refractivity contribution in [2.24, 2.45) is 5.92 Å². The van der Waals surface area contributed by atoms with Crippen molar-refractivity contribution in [3.05, 3.63) is 18.0 Å². The van der Waals surface area contributed by atoms with Gasteiger partial charge in [0.1, 0.15) is 0 Å². The minimum atomic E-state index is 0.486. The van der Waals surface area contributed by atoms with Gasteiger partial charge in [0.15, 0.2) is 0 Å². The smallest absolute Gasteiger partial charge is 0.0671 e. The summed E-state index contributed by atoms with van der Waals surface area (Å²) in [5.74, 6) is 0.928. The van der Waals surface area contributed by atoms with Crippen LogP contribution in [0.2, 0.25) is 0 Å². The fourth-order valence-corrected chi connectivity index (χ4v) is 3.63. The molecule has 1 aliphatic carbocycles. The van der Waals surface area contributed by atoms with Gasteiger partial charge in [-0.3, -0.25) is 9.58 Å². The predicted octanol–water partition coefficient (Wildman–Crippen LogP) is 2.47. The van der Waals surface area contributed by atoms with Crippen LogP contribution in [0, 0.1) is 5.92 Å². The predicted molar refractivity (Wildman–Crippen MR) is 75.0 cm³/mol. The van der Waals surface area contributed by atoms with E-state index < -0.39 is 0 Å². The summed E-state index contributed by atoms with van der Waals surface area (Å²) in [5, 5.41) is 4.49. The van der Waals surface area contributed by atoms with E-state index in [2.05, 4.69) is 20.7 Å². The Bertz CT molecular complexity index is 398. The van der Waals surface area contributed by atoms with Crippen LogP contribution in [0.15, 0.2) is 12.3 Å². The summed E-state index contributed by atoms with van der Waals surface area (Å²) in [6.07, 6.45) is 8.73. The number of ether oxygens (including phenoxy) is 1. The Morgan fingerprint density at radius 1 is 1.37 bits per heavy atom. The molecule has 1 aromatic rings. The number of aromatic nitrogens is 2. The molecule has 1 atom stereocenters. The number of hydrogen-bond donors (Lipinski definition) is 0. The van der Waals surface area contributed by atoms with Crippen molar-refractivity contribution in [2.75, 3.05) is 26.8 Å². The Morgan fingerprint density at radius 2 is 2.21 bits per heavy atom. The lowest BCUT2D eigenvalue weighted by molar-refractivity contribution is 0.118. The Balaban J connectivity index is 1.65. The van der Waals surface area contributed by atoms with Crippen LogP contribution < -0.4 is 0 Å². The van der Waals surface area contributed by atoms with Gasteiger partial charge >= 0.3 is 0 Å². The number of fused-ring (bicyclic) bond motifs is 1. The third kappa shape index (κ3) is 3.00. The fraction of sp³-hybridized carbons (Fsp3) is 0.800. The molecule has 0 spiro atoms. The SMILES string of the molecule is COCC[C@H]1CN(CC2CCCC2)Cc2ccnn21. The molecule has 2 aliphatic rings. The fourth-order valence-electron chi connectivity index (χ4n) is 3.63. The zero-order chi connectivity index (χ0) is 13.1. The van der Waals surface area contributed by atoms with E-state index >= 15 is 0 Å². The monoisotopic (exact) mass is 263 g/mol. The maximum Gasteiger partial charge on any atom is 0.0671 e. The van der Waals surface area contributed by atoms with Crippen LogP contribution in [-0.2, 0) is 11.3 Å². The summed E-state index contributed by atoms with van der Waals surface area (Å²) in [4.78, 5) is 2.63. The molecule has 1 aliphatic heterocycles. The van der Waals surface area contributed by atoms with Gasteiger partial charge in [-0.05, 0) is 31.2 Å². The summed E-state index contributed by atoms with van der Waals surface area (Å²) in [5.41, 5.74) is 1.37. The first kappa shape index (κ1) is 13.1. The molecule has 0 radical (unpaired) electrons. The molecule has 19 heavy (non-hydrogen) atoms. The normalized spacial score (nSPS) is 24.8. The molecule has 1 saturated carbocycles. The molecule has 0 aromatic carbocycles. The standard InChI is InChI=1S/C15H25N3O/c1-19-9-7-15-12-17(10-13-4-2-3-5-13)11-14-6-8-16-18(14)15/h6,8,13,15H,2-5,7,9-12H2,1H3/t15-/m0/s1. The van der Waals surface area contributed by atoms with E-state index in [1.807, 2.05) is 6.20 Å². The zero-order valence-electron chi connectivity index (χ0n) is 11.9. The number of hydrogen-bond acceptors (Lipinski definition) is 3. The van der Waals surface area contributed by atoms with Crippen molar-refractivity contribution in [1.29, 1.82) is 0 Å². The van der Waals surface area contributed by atoms with Gasteiger partial charge in [0.25, 0.3) is 0 Å². The third-order valence-corrected chi connectivity index (χ3v) is 4.60. The molecular weight excluding hydrogens is 238 g/mol. The Hall–Kier alpha value is -0.870. The molecule has 0 amide bonds. The van der Waals surface area contributed by atoms with Crippen LogP contribution in [0.3, 0.4) is 0 Å². The number of rotatable bonds is 5. The first-order chi connectivity index (χ1) is 9.36. The lowest BCUT2D eigenvalue weighted by Gasteiger charge is -2.35. The van der Waals surface area contributed by atoms with Crippen molar-refractivity contribution in [2.45, 2.75) is 44.7 Å². The van der Waals surface area contributed by atoms with E-state index in [9.17, 15) is 0 Å². The summed E-state index contributed by atoms with van der Waals surface area (Å²) >= 11 is 0. The van der Waals surface area contributed by atoms with Crippen molar-refractivity contribution >= 4 is 0 Å². The number of nitrogens with zero attached hydrogens (tertiary/aromatic N) is 3. The van der Waals surface area contributed by atoms with Gasteiger partial charge in [-0.2, -0.15) is 5.10 Å². The summed E-state index contributed by atoms with van der Waals surface area (Å²) in [7, 11) is 1.78. The maximum absolute atomic E-state index is 5.25. The van der Waals surface area contributed by atoms with Gasteiger partial charge in [0.2, 0.25) is 0 Å². The highest BCUT2D eigenvalue weighted by Gasteiger charge is 2.27. The minimum absolute atomic E-state index is 0.486. The van der Waals surface area contributed by atoms with Crippen LogP contribution in [0.4, 0.5) is 0 Å².